The first-order valence-electron chi connectivity index (χ1n) is 7.34. The third-order valence-electron chi connectivity index (χ3n) is 3.76. The fourth-order valence-corrected chi connectivity index (χ4v) is 2.60. The number of hydrogen-bond acceptors (Lipinski definition) is 4. The Morgan fingerprint density at radius 2 is 1.86 bits per heavy atom. The zero-order valence-electron chi connectivity index (χ0n) is 12.1. The van der Waals surface area contributed by atoms with Gasteiger partial charge in [0.2, 0.25) is 5.95 Å². The number of benzene rings is 1. The number of anilines is 1. The van der Waals surface area contributed by atoms with E-state index in [-0.39, 0.29) is 11.5 Å². The third kappa shape index (κ3) is 2.90. The lowest BCUT2D eigenvalue weighted by Crippen LogP contribution is -2.31. The maximum absolute atomic E-state index is 14.0. The summed E-state index contributed by atoms with van der Waals surface area (Å²) in [6.45, 7) is 1.66. The smallest absolute Gasteiger partial charge is 0.267 e. The molecule has 0 saturated carbocycles. The quantitative estimate of drug-likeness (QED) is 0.944. The predicted molar refractivity (Wildman–Crippen MR) is 82.0 cm³/mol. The number of piperidine rings is 1. The predicted octanol–water partition coefficient (Wildman–Crippen LogP) is 2.37. The Labute approximate surface area is 128 Å². The summed E-state index contributed by atoms with van der Waals surface area (Å²) >= 11 is 0. The van der Waals surface area contributed by atoms with Crippen LogP contribution in [0.3, 0.4) is 0 Å². The summed E-state index contributed by atoms with van der Waals surface area (Å²) in [7, 11) is 0. The largest absolute Gasteiger partial charge is 0.364 e. The van der Waals surface area contributed by atoms with Crippen molar-refractivity contribution in [3.63, 3.8) is 0 Å². The Balaban J connectivity index is 2.08. The molecule has 6 heteroatoms. The molecule has 1 aromatic carbocycles. The molecule has 0 radical (unpaired) electrons. The molecule has 0 bridgehead atoms. The van der Waals surface area contributed by atoms with Crippen molar-refractivity contribution in [2.45, 2.75) is 19.3 Å². The molecule has 22 heavy (non-hydrogen) atoms. The second-order valence-electron chi connectivity index (χ2n) is 5.33. The van der Waals surface area contributed by atoms with Crippen LogP contribution < -0.4 is 10.6 Å². The SMILES string of the molecule is NC(=O)c1cc(-c2ccccc2F)nc(N2CCCCC2)n1. The van der Waals surface area contributed by atoms with Crippen LogP contribution in [-0.2, 0) is 0 Å². The van der Waals surface area contributed by atoms with Crippen LogP contribution in [0.15, 0.2) is 30.3 Å². The van der Waals surface area contributed by atoms with Gasteiger partial charge in [0.05, 0.1) is 5.69 Å². The highest BCUT2D eigenvalue weighted by atomic mass is 19.1. The van der Waals surface area contributed by atoms with Crippen molar-refractivity contribution in [2.24, 2.45) is 5.73 Å². The van der Waals surface area contributed by atoms with E-state index < -0.39 is 5.91 Å². The van der Waals surface area contributed by atoms with E-state index in [2.05, 4.69) is 9.97 Å². The maximum atomic E-state index is 14.0. The summed E-state index contributed by atoms with van der Waals surface area (Å²) in [6, 6.07) is 7.77. The average molecular weight is 300 g/mol. The zero-order valence-corrected chi connectivity index (χ0v) is 12.1. The zero-order chi connectivity index (χ0) is 15.5. The Morgan fingerprint density at radius 1 is 1.14 bits per heavy atom. The minimum atomic E-state index is -0.641. The molecule has 5 nitrogen and oxygen atoms in total. The number of primary amides is 1. The lowest BCUT2D eigenvalue weighted by molar-refractivity contribution is 0.0995. The maximum Gasteiger partial charge on any atom is 0.267 e. The molecule has 1 aliphatic rings. The van der Waals surface area contributed by atoms with Gasteiger partial charge in [-0.2, -0.15) is 0 Å². The molecule has 1 aliphatic heterocycles. The number of nitrogens with two attached hydrogens (primary N) is 1. The molecule has 1 amide bonds. The fraction of sp³-hybridized carbons (Fsp3) is 0.312. The van der Waals surface area contributed by atoms with Gasteiger partial charge in [-0.1, -0.05) is 12.1 Å². The highest BCUT2D eigenvalue weighted by Gasteiger charge is 2.18. The van der Waals surface area contributed by atoms with Crippen molar-refractivity contribution < 1.29 is 9.18 Å². The second kappa shape index (κ2) is 6.09. The van der Waals surface area contributed by atoms with Crippen LogP contribution >= 0.6 is 0 Å². The summed E-state index contributed by atoms with van der Waals surface area (Å²) in [5.41, 5.74) is 6.18. The van der Waals surface area contributed by atoms with E-state index in [4.69, 9.17) is 5.73 Å². The van der Waals surface area contributed by atoms with E-state index in [0.29, 0.717) is 17.2 Å². The van der Waals surface area contributed by atoms with Gasteiger partial charge < -0.3 is 10.6 Å². The minimum absolute atomic E-state index is 0.105. The van der Waals surface area contributed by atoms with Crippen LogP contribution in [-0.4, -0.2) is 29.0 Å². The molecule has 1 aromatic heterocycles. The first-order chi connectivity index (χ1) is 10.6. The lowest BCUT2D eigenvalue weighted by atomic mass is 10.1. The summed E-state index contributed by atoms with van der Waals surface area (Å²) in [4.78, 5) is 22.2. The molecule has 2 N–H and O–H groups in total. The van der Waals surface area contributed by atoms with Gasteiger partial charge in [0.25, 0.3) is 5.91 Å². The molecule has 114 valence electrons. The van der Waals surface area contributed by atoms with Gasteiger partial charge in [0.15, 0.2) is 0 Å². The van der Waals surface area contributed by atoms with Gasteiger partial charge in [-0.25, -0.2) is 14.4 Å². The van der Waals surface area contributed by atoms with Gasteiger partial charge in [0, 0.05) is 18.7 Å². The van der Waals surface area contributed by atoms with E-state index in [0.717, 1.165) is 25.9 Å². The van der Waals surface area contributed by atoms with Crippen LogP contribution in [0.2, 0.25) is 0 Å². The first kappa shape index (κ1) is 14.4. The Bertz CT molecular complexity index is 698. The third-order valence-corrected chi connectivity index (χ3v) is 3.76. The number of amides is 1. The highest BCUT2D eigenvalue weighted by molar-refractivity contribution is 5.92. The number of carbonyl (C=O) groups excluding carboxylic acids is 1. The van der Waals surface area contributed by atoms with Crippen LogP contribution in [0.1, 0.15) is 29.8 Å². The van der Waals surface area contributed by atoms with E-state index in [1.807, 2.05) is 4.90 Å². The standard InChI is InChI=1S/C16H17FN4O/c17-12-7-3-2-6-11(12)13-10-14(15(18)22)20-16(19-13)21-8-4-1-5-9-21/h2-3,6-7,10H,1,4-5,8-9H2,(H2,18,22). The number of halogens is 1. The van der Waals surface area contributed by atoms with Gasteiger partial charge in [-0.3, -0.25) is 4.79 Å². The van der Waals surface area contributed by atoms with Gasteiger partial charge >= 0.3 is 0 Å². The van der Waals surface area contributed by atoms with Crippen molar-refractivity contribution >= 4 is 11.9 Å². The summed E-state index contributed by atoms with van der Waals surface area (Å²) in [5, 5.41) is 0. The van der Waals surface area contributed by atoms with E-state index in [1.54, 1.807) is 18.2 Å². The van der Waals surface area contributed by atoms with Crippen LogP contribution in [0, 0.1) is 5.82 Å². The van der Waals surface area contributed by atoms with Crippen molar-refractivity contribution in [3.8, 4) is 11.3 Å². The topological polar surface area (TPSA) is 72.1 Å². The number of hydrogen-bond donors (Lipinski definition) is 1. The molecule has 1 fully saturated rings. The van der Waals surface area contributed by atoms with Gasteiger partial charge in [-0.15, -0.1) is 0 Å². The first-order valence-corrected chi connectivity index (χ1v) is 7.34. The molecule has 2 heterocycles. The molecule has 0 atom stereocenters. The van der Waals surface area contributed by atoms with E-state index in [1.165, 1.54) is 18.6 Å². The Morgan fingerprint density at radius 3 is 2.55 bits per heavy atom. The number of carbonyl (C=O) groups is 1. The lowest BCUT2D eigenvalue weighted by Gasteiger charge is -2.27. The van der Waals surface area contributed by atoms with Crippen molar-refractivity contribution in [2.75, 3.05) is 18.0 Å². The van der Waals surface area contributed by atoms with Crippen LogP contribution in [0.4, 0.5) is 10.3 Å². The Hall–Kier alpha value is -2.50. The number of aromatic nitrogens is 2. The van der Waals surface area contributed by atoms with Crippen molar-refractivity contribution in [1.29, 1.82) is 0 Å². The fourth-order valence-electron chi connectivity index (χ4n) is 2.60. The normalized spacial score (nSPS) is 14.9. The molecule has 1 saturated heterocycles. The molecular formula is C16H17FN4O. The second-order valence-corrected chi connectivity index (χ2v) is 5.33. The van der Waals surface area contributed by atoms with E-state index in [9.17, 15) is 9.18 Å². The molecule has 0 aliphatic carbocycles. The summed E-state index contributed by atoms with van der Waals surface area (Å²) in [6.07, 6.45) is 3.28. The number of nitrogens with zero attached hydrogens (tertiary/aromatic N) is 3. The number of rotatable bonds is 3. The van der Waals surface area contributed by atoms with Crippen molar-refractivity contribution in [1.82, 2.24) is 9.97 Å². The van der Waals surface area contributed by atoms with Crippen molar-refractivity contribution in [3.05, 3.63) is 41.8 Å². The Kier molecular flexibility index (Phi) is 4.00. The van der Waals surface area contributed by atoms with E-state index >= 15 is 0 Å². The summed E-state index contributed by atoms with van der Waals surface area (Å²) in [5.74, 6) is -0.589. The summed E-state index contributed by atoms with van der Waals surface area (Å²) < 4.78 is 14.0. The molecular weight excluding hydrogens is 283 g/mol. The van der Waals surface area contributed by atoms with Gasteiger partial charge in [-0.05, 0) is 37.5 Å². The molecule has 3 rings (SSSR count). The highest BCUT2D eigenvalue weighted by Crippen LogP contribution is 2.24. The van der Waals surface area contributed by atoms with Gasteiger partial charge in [0.1, 0.15) is 11.5 Å². The van der Waals surface area contributed by atoms with Crippen LogP contribution in [0.25, 0.3) is 11.3 Å². The molecule has 2 aromatic rings. The molecule has 0 unspecified atom stereocenters. The molecule has 0 spiro atoms. The average Bonchev–Trinajstić information content (AvgIpc) is 2.55. The monoisotopic (exact) mass is 300 g/mol. The van der Waals surface area contributed by atoms with Crippen LogP contribution in [0.5, 0.6) is 0 Å². The minimum Gasteiger partial charge on any atom is -0.364 e.